The molecule has 0 spiro atoms. The number of nitrogens with one attached hydrogen (secondary N) is 2. The number of methoxy groups -OCH3 is 1. The molecule has 2 aromatic carbocycles. The summed E-state index contributed by atoms with van der Waals surface area (Å²) >= 11 is 0. The van der Waals surface area contributed by atoms with E-state index in [1.807, 2.05) is 24.3 Å². The molecule has 0 aliphatic carbocycles. The van der Waals surface area contributed by atoms with E-state index in [-0.39, 0.29) is 11.1 Å². The lowest BCUT2D eigenvalue weighted by Crippen LogP contribution is -2.44. The molecule has 1 amide bonds. The van der Waals surface area contributed by atoms with Gasteiger partial charge in [0, 0.05) is 16.8 Å². The van der Waals surface area contributed by atoms with Gasteiger partial charge in [-0.05, 0) is 50.1 Å². The van der Waals surface area contributed by atoms with E-state index in [2.05, 4.69) is 30.6 Å². The third-order valence-corrected chi connectivity index (χ3v) is 4.32. The molecule has 0 unspecified atom stereocenters. The molecule has 5 heteroatoms. The first kappa shape index (κ1) is 17.6. The number of carbonyl (C=O) groups is 1. The summed E-state index contributed by atoms with van der Waals surface area (Å²) in [7, 11) is 1.58. The molecule has 0 fully saturated rings. The Balaban J connectivity index is 1.98. The Morgan fingerprint density at radius 1 is 1.19 bits per heavy atom. The predicted octanol–water partition coefficient (Wildman–Crippen LogP) is 3.49. The number of anilines is 1. The van der Waals surface area contributed by atoms with Gasteiger partial charge in [-0.25, -0.2) is 0 Å². The van der Waals surface area contributed by atoms with Gasteiger partial charge in [0.25, 0.3) is 5.91 Å². The third kappa shape index (κ3) is 3.55. The average Bonchev–Trinajstić information content (AvgIpc) is 2.62. The van der Waals surface area contributed by atoms with Gasteiger partial charge in [-0.1, -0.05) is 24.3 Å². The lowest BCUT2D eigenvalue weighted by atomic mass is 9.84. The first-order valence-electron chi connectivity index (χ1n) is 8.40. The molecule has 0 aromatic heterocycles. The van der Waals surface area contributed by atoms with E-state index in [1.165, 1.54) is 0 Å². The molecule has 5 nitrogen and oxygen atoms in total. The van der Waals surface area contributed by atoms with Gasteiger partial charge in [0.05, 0.1) is 12.8 Å². The van der Waals surface area contributed by atoms with Crippen molar-refractivity contribution in [1.82, 2.24) is 5.32 Å². The van der Waals surface area contributed by atoms with Crippen molar-refractivity contribution >= 4 is 17.3 Å². The Hall–Kier alpha value is -3.26. The van der Waals surface area contributed by atoms with Crippen molar-refractivity contribution in [3.05, 3.63) is 65.2 Å². The first-order chi connectivity index (χ1) is 12.4. The maximum Gasteiger partial charge on any atom is 0.268 e. The fourth-order valence-electron chi connectivity index (χ4n) is 3.13. The van der Waals surface area contributed by atoms with Crippen LogP contribution in [-0.4, -0.2) is 18.6 Å². The highest BCUT2D eigenvalue weighted by Gasteiger charge is 2.30. The molecular weight excluding hydrogens is 326 g/mol. The molecule has 0 saturated heterocycles. The van der Waals surface area contributed by atoms with Gasteiger partial charge in [0.2, 0.25) is 0 Å². The van der Waals surface area contributed by atoms with Crippen molar-refractivity contribution < 1.29 is 9.53 Å². The number of hydrogen-bond donors (Lipinski definition) is 2. The molecule has 132 valence electrons. The molecule has 0 radical (unpaired) electrons. The monoisotopic (exact) mass is 347 g/mol. The van der Waals surface area contributed by atoms with Crippen molar-refractivity contribution in [2.45, 2.75) is 25.8 Å². The zero-order chi connectivity index (χ0) is 18.7. The van der Waals surface area contributed by atoms with Crippen molar-refractivity contribution in [2.24, 2.45) is 0 Å². The van der Waals surface area contributed by atoms with Gasteiger partial charge in [-0.2, -0.15) is 5.26 Å². The van der Waals surface area contributed by atoms with E-state index in [1.54, 1.807) is 31.4 Å². The second kappa shape index (κ2) is 6.93. The Morgan fingerprint density at radius 3 is 2.54 bits per heavy atom. The molecule has 1 heterocycles. The highest BCUT2D eigenvalue weighted by Crippen LogP contribution is 2.31. The second-order valence-corrected chi connectivity index (χ2v) is 6.89. The van der Waals surface area contributed by atoms with Gasteiger partial charge >= 0.3 is 0 Å². The van der Waals surface area contributed by atoms with Gasteiger partial charge in [0.15, 0.2) is 0 Å². The SMILES string of the molecule is COc1ccc(NC(=O)C(C#N)=C2NC(C)(C)Cc3ccccc32)cc1. The topological polar surface area (TPSA) is 74.1 Å². The van der Waals surface area contributed by atoms with Crippen molar-refractivity contribution in [1.29, 1.82) is 5.26 Å². The maximum absolute atomic E-state index is 12.8. The molecule has 26 heavy (non-hydrogen) atoms. The summed E-state index contributed by atoms with van der Waals surface area (Å²) < 4.78 is 5.12. The normalized spacial score (nSPS) is 16.5. The number of nitrogens with zero attached hydrogens (tertiary/aromatic N) is 1. The van der Waals surface area contributed by atoms with E-state index >= 15 is 0 Å². The molecule has 0 atom stereocenters. The first-order valence-corrected chi connectivity index (χ1v) is 8.40. The van der Waals surface area contributed by atoms with E-state index < -0.39 is 5.91 Å². The molecule has 2 aromatic rings. The molecular formula is C21H21N3O2. The summed E-state index contributed by atoms with van der Waals surface area (Å²) in [4.78, 5) is 12.8. The summed E-state index contributed by atoms with van der Waals surface area (Å²) in [6.07, 6.45) is 0.825. The fourth-order valence-corrected chi connectivity index (χ4v) is 3.13. The van der Waals surface area contributed by atoms with Crippen LogP contribution < -0.4 is 15.4 Å². The highest BCUT2D eigenvalue weighted by atomic mass is 16.5. The van der Waals surface area contributed by atoms with E-state index in [0.29, 0.717) is 17.1 Å². The number of amides is 1. The smallest absolute Gasteiger partial charge is 0.268 e. The van der Waals surface area contributed by atoms with Crippen LogP contribution in [0, 0.1) is 11.3 Å². The maximum atomic E-state index is 12.8. The van der Waals surface area contributed by atoms with Crippen LogP contribution in [0.25, 0.3) is 5.70 Å². The summed E-state index contributed by atoms with van der Waals surface area (Å²) in [5.41, 5.74) is 3.02. The number of hydrogen-bond acceptors (Lipinski definition) is 4. The van der Waals surface area contributed by atoms with Crippen LogP contribution >= 0.6 is 0 Å². The van der Waals surface area contributed by atoms with Crippen LogP contribution in [0.5, 0.6) is 5.75 Å². The molecule has 2 N–H and O–H groups in total. The van der Waals surface area contributed by atoms with Crippen LogP contribution in [0.2, 0.25) is 0 Å². The van der Waals surface area contributed by atoms with Crippen LogP contribution in [0.15, 0.2) is 54.1 Å². The predicted molar refractivity (Wildman–Crippen MR) is 102 cm³/mol. The van der Waals surface area contributed by atoms with E-state index in [0.717, 1.165) is 17.5 Å². The second-order valence-electron chi connectivity index (χ2n) is 6.89. The summed E-state index contributed by atoms with van der Waals surface area (Å²) in [5.74, 6) is 0.263. The zero-order valence-electron chi connectivity index (χ0n) is 15.1. The lowest BCUT2D eigenvalue weighted by molar-refractivity contribution is -0.112. The van der Waals surface area contributed by atoms with Crippen molar-refractivity contribution in [3.8, 4) is 11.8 Å². The number of rotatable bonds is 3. The summed E-state index contributed by atoms with van der Waals surface area (Å²) in [6, 6.07) is 16.9. The Bertz CT molecular complexity index is 906. The Labute approximate surface area is 153 Å². The number of nitriles is 1. The Kier molecular flexibility index (Phi) is 4.68. The average molecular weight is 347 g/mol. The van der Waals surface area contributed by atoms with Gasteiger partial charge in [-0.15, -0.1) is 0 Å². The molecule has 1 aliphatic rings. The van der Waals surface area contributed by atoms with Crippen molar-refractivity contribution in [3.63, 3.8) is 0 Å². The molecule has 3 rings (SSSR count). The Morgan fingerprint density at radius 2 is 1.88 bits per heavy atom. The standard InChI is InChI=1S/C21H21N3O2/c1-21(2)12-14-6-4-5-7-17(14)19(24-21)18(13-22)20(25)23-15-8-10-16(26-3)11-9-15/h4-11,24H,12H2,1-3H3,(H,23,25). The molecule has 1 aliphatic heterocycles. The highest BCUT2D eigenvalue weighted by molar-refractivity contribution is 6.12. The number of benzene rings is 2. The van der Waals surface area contributed by atoms with E-state index in [4.69, 9.17) is 4.74 Å². The minimum atomic E-state index is -0.437. The quantitative estimate of drug-likeness (QED) is 0.658. The summed E-state index contributed by atoms with van der Waals surface area (Å²) in [6.45, 7) is 4.11. The lowest BCUT2D eigenvalue weighted by Gasteiger charge is -2.36. The molecule has 0 bridgehead atoms. The third-order valence-electron chi connectivity index (χ3n) is 4.32. The molecule has 0 saturated carbocycles. The summed E-state index contributed by atoms with van der Waals surface area (Å²) in [5, 5.41) is 15.8. The van der Waals surface area contributed by atoms with Gasteiger partial charge in [0.1, 0.15) is 17.4 Å². The van der Waals surface area contributed by atoms with Crippen LogP contribution in [0.3, 0.4) is 0 Å². The van der Waals surface area contributed by atoms with Gasteiger partial charge < -0.3 is 15.4 Å². The van der Waals surface area contributed by atoms with Crippen LogP contribution in [0.4, 0.5) is 5.69 Å². The zero-order valence-corrected chi connectivity index (χ0v) is 15.1. The largest absolute Gasteiger partial charge is 0.497 e. The number of carbonyl (C=O) groups excluding carboxylic acids is 1. The van der Waals surface area contributed by atoms with Crippen LogP contribution in [0.1, 0.15) is 25.0 Å². The van der Waals surface area contributed by atoms with Gasteiger partial charge in [-0.3, -0.25) is 4.79 Å². The van der Waals surface area contributed by atoms with Crippen LogP contribution in [-0.2, 0) is 11.2 Å². The number of ether oxygens (including phenoxy) is 1. The minimum Gasteiger partial charge on any atom is -0.497 e. The van der Waals surface area contributed by atoms with Crippen molar-refractivity contribution in [2.75, 3.05) is 12.4 Å². The number of fused-ring (bicyclic) bond motifs is 1. The fraction of sp³-hybridized carbons (Fsp3) is 0.238. The van der Waals surface area contributed by atoms with E-state index in [9.17, 15) is 10.1 Å². The minimum absolute atomic E-state index is 0.0704.